The number of benzene rings is 2. The van der Waals surface area contributed by atoms with Crippen molar-refractivity contribution < 1.29 is 18.3 Å². The Morgan fingerprint density at radius 3 is 1.95 bits per heavy atom. The Hall–Kier alpha value is -5.17. The second kappa shape index (κ2) is 21.2. The first-order valence-corrected chi connectivity index (χ1v) is 19.0. The van der Waals surface area contributed by atoms with E-state index >= 15 is 0 Å². The van der Waals surface area contributed by atoms with Gasteiger partial charge in [0, 0.05) is 87.6 Å². The number of rotatable bonds is 17. The minimum absolute atomic E-state index is 0.0117. The van der Waals surface area contributed by atoms with Gasteiger partial charge >= 0.3 is 0 Å². The molecule has 0 aliphatic carbocycles. The van der Waals surface area contributed by atoms with Gasteiger partial charge in [-0.15, -0.1) is 11.3 Å². The molecule has 2 aromatic carbocycles. The molecule has 56 heavy (non-hydrogen) atoms. The van der Waals surface area contributed by atoms with Gasteiger partial charge in [-0.05, 0) is 61.4 Å². The van der Waals surface area contributed by atoms with E-state index in [2.05, 4.69) is 46.2 Å². The van der Waals surface area contributed by atoms with E-state index in [0.29, 0.717) is 66.8 Å². The van der Waals surface area contributed by atoms with E-state index in [1.54, 1.807) is 38.9 Å². The molecule has 6 N–H and O–H groups in total. The number of anilines is 6. The van der Waals surface area contributed by atoms with Crippen molar-refractivity contribution >= 4 is 86.7 Å². The Bertz CT molecular complexity index is 2220. The molecule has 4 heterocycles. The Labute approximate surface area is 341 Å². The van der Waals surface area contributed by atoms with E-state index < -0.39 is 11.6 Å². The summed E-state index contributed by atoms with van der Waals surface area (Å²) in [5.41, 5.74) is 9.95. The van der Waals surface area contributed by atoms with Gasteiger partial charge in [0.2, 0.25) is 11.9 Å². The van der Waals surface area contributed by atoms with E-state index in [-0.39, 0.29) is 15.0 Å². The maximum absolute atomic E-state index is 13.4. The third-order valence-corrected chi connectivity index (χ3v) is 9.20. The number of nitrogens with one attached hydrogen (secondary N) is 4. The van der Waals surface area contributed by atoms with E-state index in [0.717, 1.165) is 34.7 Å². The predicted octanol–water partition coefficient (Wildman–Crippen LogP) is 8.74. The molecule has 292 valence electrons. The molecule has 0 atom stereocenters. The van der Waals surface area contributed by atoms with Crippen LogP contribution in [0.5, 0.6) is 0 Å². The van der Waals surface area contributed by atoms with Crippen molar-refractivity contribution in [3.63, 3.8) is 0 Å². The molecule has 0 radical (unpaired) electrons. The first-order valence-electron chi connectivity index (χ1n) is 16.9. The maximum Gasteiger partial charge on any atom is 0.229 e. The average Bonchev–Trinajstić information content (AvgIpc) is 3.69. The first-order chi connectivity index (χ1) is 27.1. The van der Waals surface area contributed by atoms with Gasteiger partial charge in [-0.3, -0.25) is 4.98 Å². The molecule has 0 saturated carbocycles. The zero-order chi connectivity index (χ0) is 39.9. The van der Waals surface area contributed by atoms with Gasteiger partial charge in [0.15, 0.2) is 0 Å². The number of aromatic nitrogens is 6. The minimum Gasteiger partial charge on any atom is -0.389 e. The molecule has 0 unspecified atom stereocenters. The van der Waals surface area contributed by atoms with Crippen molar-refractivity contribution in [2.24, 2.45) is 5.73 Å². The molecule has 13 nitrogen and oxygen atoms in total. The van der Waals surface area contributed by atoms with Crippen LogP contribution in [-0.4, -0.2) is 75.4 Å². The van der Waals surface area contributed by atoms with Crippen molar-refractivity contribution in [2.45, 2.75) is 12.8 Å². The lowest BCUT2D eigenvalue weighted by Gasteiger charge is -2.12. The van der Waals surface area contributed by atoms with Gasteiger partial charge in [-0.2, -0.15) is 9.97 Å². The van der Waals surface area contributed by atoms with Crippen LogP contribution in [-0.2, 0) is 9.47 Å². The van der Waals surface area contributed by atoms with E-state index in [1.807, 2.05) is 17.5 Å². The van der Waals surface area contributed by atoms with Crippen LogP contribution in [0.25, 0.3) is 21.8 Å². The van der Waals surface area contributed by atoms with Crippen LogP contribution in [0.15, 0.2) is 78.7 Å². The Morgan fingerprint density at radius 1 is 0.804 bits per heavy atom. The fourth-order valence-electron chi connectivity index (χ4n) is 4.79. The molecular formula is C37H37Cl2F2N11O2S2. The highest BCUT2D eigenvalue weighted by molar-refractivity contribution is 7.80. The van der Waals surface area contributed by atoms with E-state index in [9.17, 15) is 8.78 Å². The van der Waals surface area contributed by atoms with Gasteiger partial charge < -0.3 is 36.5 Å². The maximum atomic E-state index is 13.4. The molecule has 19 heteroatoms. The second-order valence-electron chi connectivity index (χ2n) is 11.6. The van der Waals surface area contributed by atoms with E-state index in [4.69, 9.17) is 55.6 Å². The van der Waals surface area contributed by atoms with Gasteiger partial charge in [0.1, 0.15) is 33.3 Å². The number of nitrogens with zero attached hydrogens (tertiary/aromatic N) is 6. The monoisotopic (exact) mass is 839 g/mol. The summed E-state index contributed by atoms with van der Waals surface area (Å²) in [5, 5.41) is 15.3. The molecule has 0 aliphatic heterocycles. The van der Waals surface area contributed by atoms with Crippen LogP contribution in [0.1, 0.15) is 18.4 Å². The van der Waals surface area contributed by atoms with Gasteiger partial charge in [0.05, 0.1) is 26.9 Å². The number of hydrogen-bond acceptors (Lipinski definition) is 14. The number of halogens is 4. The van der Waals surface area contributed by atoms with Crippen LogP contribution in [0.4, 0.5) is 43.7 Å². The Kier molecular flexibility index (Phi) is 15.9. The van der Waals surface area contributed by atoms with Crippen molar-refractivity contribution in [3.05, 3.63) is 106 Å². The van der Waals surface area contributed by atoms with Crippen molar-refractivity contribution in [2.75, 3.05) is 61.8 Å². The summed E-state index contributed by atoms with van der Waals surface area (Å²) in [4.78, 5) is 26.7. The molecule has 0 amide bonds. The Morgan fingerprint density at radius 2 is 1.39 bits per heavy atom. The number of thiocarbonyl (C=S) groups is 1. The van der Waals surface area contributed by atoms with Crippen molar-refractivity contribution in [1.82, 2.24) is 29.9 Å². The lowest BCUT2D eigenvalue weighted by atomic mass is 10.2. The third-order valence-electron chi connectivity index (χ3n) is 7.52. The summed E-state index contributed by atoms with van der Waals surface area (Å²) in [6.45, 7) is 2.57. The number of pyridine rings is 1. The van der Waals surface area contributed by atoms with Gasteiger partial charge in [-0.1, -0.05) is 35.4 Å². The summed E-state index contributed by atoms with van der Waals surface area (Å²) in [6, 6.07) is 12.4. The number of nitrogens with two attached hydrogens (primary N) is 1. The van der Waals surface area contributed by atoms with Gasteiger partial charge in [-0.25, -0.2) is 23.7 Å². The van der Waals surface area contributed by atoms with Crippen LogP contribution in [0.2, 0.25) is 10.0 Å². The first kappa shape index (κ1) is 42.0. The molecule has 4 aromatic heterocycles. The fourth-order valence-corrected chi connectivity index (χ4v) is 6.14. The van der Waals surface area contributed by atoms with Crippen molar-refractivity contribution in [3.8, 4) is 21.8 Å². The summed E-state index contributed by atoms with van der Waals surface area (Å²) in [6.07, 6.45) is 8.36. The van der Waals surface area contributed by atoms with Crippen LogP contribution in [0.3, 0.4) is 0 Å². The zero-order valence-electron chi connectivity index (χ0n) is 30.2. The number of methoxy groups -OCH3 is 2. The topological polar surface area (TPSA) is 170 Å². The quantitative estimate of drug-likeness (QED) is 0.0436. The summed E-state index contributed by atoms with van der Waals surface area (Å²) < 4.78 is 36.8. The molecule has 0 bridgehead atoms. The molecule has 6 rings (SSSR count). The van der Waals surface area contributed by atoms with Crippen LogP contribution < -0.4 is 27.0 Å². The Balaban J connectivity index is 0.000000224. The standard InChI is InChI=1S/C22H20ClFN6OS.C15H17ClFN5OS/c1-31-9-3-8-26-20-16(21-29-19(13-32-21)14-4-2-7-25-11-14)12-27-22(30-20)28-15-5-6-18(24)17(23)10-15;1-23-6-2-5-19-14-10(13(18)24)8-20-15(22-14)21-9-3-4-12(17)11(16)7-9/h2,4-7,10-13H,3,8-9H2,1H3,(H2,26,27,28,30);3-4,7-8H,2,5-6H2,1H3,(H2,18,24)(H2,19,20,21,22). The summed E-state index contributed by atoms with van der Waals surface area (Å²) in [7, 11) is 3.31. The molecule has 0 saturated heterocycles. The molecule has 0 aliphatic rings. The highest BCUT2D eigenvalue weighted by atomic mass is 35.5. The molecular weight excluding hydrogens is 804 g/mol. The molecule has 6 aromatic rings. The molecule has 0 spiro atoms. The normalized spacial score (nSPS) is 10.7. The number of ether oxygens (including phenoxy) is 2. The number of thiazole rings is 1. The van der Waals surface area contributed by atoms with Crippen LogP contribution >= 0.6 is 46.8 Å². The van der Waals surface area contributed by atoms with E-state index in [1.165, 1.54) is 47.9 Å². The zero-order valence-corrected chi connectivity index (χ0v) is 33.3. The fraction of sp³-hybridized carbons (Fsp3) is 0.216. The van der Waals surface area contributed by atoms with Crippen molar-refractivity contribution in [1.29, 1.82) is 0 Å². The second-order valence-corrected chi connectivity index (χ2v) is 13.7. The van der Waals surface area contributed by atoms with Gasteiger partial charge in [0.25, 0.3) is 0 Å². The summed E-state index contributed by atoms with van der Waals surface area (Å²) in [5.74, 6) is 0.847. The summed E-state index contributed by atoms with van der Waals surface area (Å²) >= 11 is 18.2. The van der Waals surface area contributed by atoms with Crippen LogP contribution in [0, 0.1) is 11.6 Å². The molecule has 0 fully saturated rings. The highest BCUT2D eigenvalue weighted by Crippen LogP contribution is 2.33. The minimum atomic E-state index is -0.493. The predicted molar refractivity (Wildman–Crippen MR) is 224 cm³/mol. The SMILES string of the molecule is COCCCNc1nc(Nc2ccc(F)c(Cl)c2)ncc1-c1nc(-c2cccnc2)cs1.COCCCNc1nc(Nc2ccc(F)c(Cl)c2)ncc1C(N)=S. The largest absolute Gasteiger partial charge is 0.389 e. The number of hydrogen-bond donors (Lipinski definition) is 5. The smallest absolute Gasteiger partial charge is 0.229 e. The lowest BCUT2D eigenvalue weighted by molar-refractivity contribution is 0.197. The third kappa shape index (κ3) is 12.2. The average molecular weight is 841 g/mol. The lowest BCUT2D eigenvalue weighted by Crippen LogP contribution is -2.17. The highest BCUT2D eigenvalue weighted by Gasteiger charge is 2.15.